The maximum Gasteiger partial charge on any atom is 0.142 e. The van der Waals surface area contributed by atoms with Gasteiger partial charge in [0.25, 0.3) is 0 Å². The smallest absolute Gasteiger partial charge is 0.142 e. The molecule has 1 N–H and O–H groups in total. The average molecular weight is 197 g/mol. The van der Waals surface area contributed by atoms with Crippen LogP contribution in [0.3, 0.4) is 0 Å². The maximum atomic E-state index is 5.12. The number of hydrogen-bond acceptors (Lipinski definition) is 3. The van der Waals surface area contributed by atoms with Gasteiger partial charge in [-0.25, -0.2) is 0 Å². The molecule has 0 amide bonds. The van der Waals surface area contributed by atoms with E-state index < -0.39 is 0 Å². The lowest BCUT2D eigenvalue weighted by molar-refractivity contribution is 0.404. The van der Waals surface area contributed by atoms with Crippen LogP contribution in [0.15, 0.2) is 18.2 Å². The lowest BCUT2D eigenvalue weighted by atomic mass is 10.3. The molecule has 0 fully saturated rings. The minimum absolute atomic E-state index is 0.818. The third-order valence-corrected chi connectivity index (χ3v) is 1.68. The first kappa shape index (κ1) is 12.6. The summed E-state index contributed by atoms with van der Waals surface area (Å²) in [6.45, 7) is 4.00. The first-order chi connectivity index (χ1) is 6.81. The first-order valence-electron chi connectivity index (χ1n) is 4.71. The lowest BCUT2D eigenvalue weighted by Gasteiger charge is -2.08. The Morgan fingerprint density at radius 1 is 1.07 bits per heavy atom. The number of nitrogens with one attached hydrogen (secondary N) is 1. The standard InChI is InChI=1S/C9H13NO2.C2H6/c1-10-8-6-7(11-2)4-5-9(8)12-3;1-2/h4-6,10H,1-3H3;1-2H3. The predicted molar refractivity (Wildman–Crippen MR) is 60.4 cm³/mol. The molecule has 0 radical (unpaired) electrons. The van der Waals surface area contributed by atoms with Gasteiger partial charge in [-0.2, -0.15) is 0 Å². The Hall–Kier alpha value is -1.38. The van der Waals surface area contributed by atoms with E-state index in [0.29, 0.717) is 0 Å². The molecule has 0 aliphatic heterocycles. The van der Waals surface area contributed by atoms with Crippen molar-refractivity contribution < 1.29 is 9.47 Å². The van der Waals surface area contributed by atoms with Crippen LogP contribution >= 0.6 is 0 Å². The summed E-state index contributed by atoms with van der Waals surface area (Å²) >= 11 is 0. The van der Waals surface area contributed by atoms with Crippen molar-refractivity contribution in [3.63, 3.8) is 0 Å². The fourth-order valence-corrected chi connectivity index (χ4v) is 1.01. The zero-order chi connectivity index (χ0) is 11.0. The van der Waals surface area contributed by atoms with Crippen molar-refractivity contribution in [2.45, 2.75) is 13.8 Å². The molecule has 0 saturated carbocycles. The third-order valence-electron chi connectivity index (χ3n) is 1.68. The summed E-state index contributed by atoms with van der Waals surface area (Å²) < 4.78 is 10.2. The maximum absolute atomic E-state index is 5.12. The third kappa shape index (κ3) is 3.17. The molecule has 1 aromatic carbocycles. The van der Waals surface area contributed by atoms with Gasteiger partial charge in [-0.15, -0.1) is 0 Å². The van der Waals surface area contributed by atoms with Crippen molar-refractivity contribution >= 4 is 5.69 Å². The molecular formula is C11H19NO2. The molecule has 80 valence electrons. The summed E-state index contributed by atoms with van der Waals surface area (Å²) in [5.41, 5.74) is 0.928. The van der Waals surface area contributed by atoms with Gasteiger partial charge >= 0.3 is 0 Å². The van der Waals surface area contributed by atoms with E-state index in [2.05, 4.69) is 5.32 Å². The molecule has 0 bridgehead atoms. The summed E-state index contributed by atoms with van der Waals surface area (Å²) in [5.74, 6) is 1.64. The molecule has 1 rings (SSSR count). The van der Waals surface area contributed by atoms with E-state index in [-0.39, 0.29) is 0 Å². The van der Waals surface area contributed by atoms with Crippen molar-refractivity contribution in [1.82, 2.24) is 0 Å². The molecule has 0 aromatic heterocycles. The number of methoxy groups -OCH3 is 2. The van der Waals surface area contributed by atoms with Crippen molar-refractivity contribution in [3.8, 4) is 11.5 Å². The lowest BCUT2D eigenvalue weighted by Crippen LogP contribution is -1.94. The monoisotopic (exact) mass is 197 g/mol. The van der Waals surface area contributed by atoms with Crippen LogP contribution in [-0.4, -0.2) is 21.3 Å². The van der Waals surface area contributed by atoms with Gasteiger partial charge in [0.2, 0.25) is 0 Å². The first-order valence-corrected chi connectivity index (χ1v) is 4.71. The number of ether oxygens (including phenoxy) is 2. The van der Waals surface area contributed by atoms with Crippen molar-refractivity contribution in [2.75, 3.05) is 26.6 Å². The fraction of sp³-hybridized carbons (Fsp3) is 0.455. The molecule has 3 nitrogen and oxygen atoms in total. The van der Waals surface area contributed by atoms with Crippen LogP contribution in [0.2, 0.25) is 0 Å². The molecule has 1 aromatic rings. The Kier molecular flexibility index (Phi) is 6.37. The number of hydrogen-bond donors (Lipinski definition) is 1. The zero-order valence-electron chi connectivity index (χ0n) is 9.55. The van der Waals surface area contributed by atoms with Gasteiger partial charge in [0.15, 0.2) is 0 Å². The van der Waals surface area contributed by atoms with Crippen LogP contribution in [0.5, 0.6) is 11.5 Å². The second-order valence-corrected chi connectivity index (χ2v) is 2.32. The minimum Gasteiger partial charge on any atom is -0.497 e. The number of anilines is 1. The molecule has 0 heterocycles. The molecule has 0 atom stereocenters. The molecule has 14 heavy (non-hydrogen) atoms. The van der Waals surface area contributed by atoms with E-state index in [1.165, 1.54) is 0 Å². The minimum atomic E-state index is 0.818. The molecule has 0 aliphatic carbocycles. The van der Waals surface area contributed by atoms with Crippen LogP contribution in [-0.2, 0) is 0 Å². The summed E-state index contributed by atoms with van der Waals surface area (Å²) in [6.07, 6.45) is 0. The quantitative estimate of drug-likeness (QED) is 0.808. The van der Waals surface area contributed by atoms with E-state index in [1.807, 2.05) is 39.1 Å². The Balaban J connectivity index is 0.000000791. The Bertz CT molecular complexity index is 261. The highest BCUT2D eigenvalue weighted by Gasteiger charge is 2.01. The Labute approximate surface area is 86.0 Å². The van der Waals surface area contributed by atoms with Crippen LogP contribution in [0.25, 0.3) is 0 Å². The van der Waals surface area contributed by atoms with E-state index in [1.54, 1.807) is 14.2 Å². The molecular weight excluding hydrogens is 178 g/mol. The summed E-state index contributed by atoms with van der Waals surface area (Å²) in [7, 11) is 5.13. The average Bonchev–Trinajstić information content (AvgIpc) is 2.30. The molecule has 0 saturated heterocycles. The van der Waals surface area contributed by atoms with Gasteiger partial charge in [0.05, 0.1) is 19.9 Å². The second-order valence-electron chi connectivity index (χ2n) is 2.32. The zero-order valence-corrected chi connectivity index (χ0v) is 9.55. The van der Waals surface area contributed by atoms with Crippen molar-refractivity contribution in [3.05, 3.63) is 18.2 Å². The van der Waals surface area contributed by atoms with Gasteiger partial charge in [-0.3, -0.25) is 0 Å². The second kappa shape index (κ2) is 7.06. The van der Waals surface area contributed by atoms with Crippen LogP contribution in [0, 0.1) is 0 Å². The Morgan fingerprint density at radius 2 is 1.71 bits per heavy atom. The van der Waals surface area contributed by atoms with Crippen molar-refractivity contribution in [2.24, 2.45) is 0 Å². The van der Waals surface area contributed by atoms with E-state index in [0.717, 1.165) is 17.2 Å². The topological polar surface area (TPSA) is 30.5 Å². The molecule has 0 unspecified atom stereocenters. The summed E-state index contributed by atoms with van der Waals surface area (Å²) in [4.78, 5) is 0. The summed E-state index contributed by atoms with van der Waals surface area (Å²) in [5, 5.41) is 3.02. The fourth-order valence-electron chi connectivity index (χ4n) is 1.01. The van der Waals surface area contributed by atoms with Gasteiger partial charge in [0.1, 0.15) is 11.5 Å². The largest absolute Gasteiger partial charge is 0.497 e. The van der Waals surface area contributed by atoms with Gasteiger partial charge in [-0.1, -0.05) is 13.8 Å². The highest BCUT2D eigenvalue weighted by Crippen LogP contribution is 2.27. The van der Waals surface area contributed by atoms with Crippen molar-refractivity contribution in [1.29, 1.82) is 0 Å². The van der Waals surface area contributed by atoms with Gasteiger partial charge in [-0.05, 0) is 12.1 Å². The van der Waals surface area contributed by atoms with Gasteiger partial charge < -0.3 is 14.8 Å². The van der Waals surface area contributed by atoms with E-state index in [9.17, 15) is 0 Å². The SMILES string of the molecule is CC.CNc1cc(OC)ccc1OC. The normalized spacial score (nSPS) is 8.36. The van der Waals surface area contributed by atoms with E-state index >= 15 is 0 Å². The highest BCUT2D eigenvalue weighted by atomic mass is 16.5. The number of rotatable bonds is 3. The number of benzene rings is 1. The van der Waals surface area contributed by atoms with Crippen LogP contribution in [0.4, 0.5) is 5.69 Å². The van der Waals surface area contributed by atoms with Crippen LogP contribution in [0.1, 0.15) is 13.8 Å². The molecule has 0 aliphatic rings. The van der Waals surface area contributed by atoms with E-state index in [4.69, 9.17) is 9.47 Å². The summed E-state index contributed by atoms with van der Waals surface area (Å²) in [6, 6.07) is 5.61. The molecule has 0 spiro atoms. The highest BCUT2D eigenvalue weighted by molar-refractivity contribution is 5.59. The molecule has 3 heteroatoms. The van der Waals surface area contributed by atoms with Crippen LogP contribution < -0.4 is 14.8 Å². The predicted octanol–water partition coefficient (Wildman–Crippen LogP) is 2.77. The Morgan fingerprint density at radius 3 is 2.14 bits per heavy atom. The van der Waals surface area contributed by atoms with Gasteiger partial charge in [0, 0.05) is 13.1 Å².